The van der Waals surface area contributed by atoms with Crippen LogP contribution in [0.4, 0.5) is 4.79 Å². The van der Waals surface area contributed by atoms with E-state index in [0.29, 0.717) is 5.56 Å². The highest BCUT2D eigenvalue weighted by molar-refractivity contribution is 7.89. The molecule has 0 spiro atoms. The number of hydrazine groups is 1. The van der Waals surface area contributed by atoms with Crippen molar-refractivity contribution in [3.05, 3.63) is 29.3 Å². The lowest BCUT2D eigenvalue weighted by Gasteiger charge is -2.10. The molecule has 0 radical (unpaired) electrons. The first kappa shape index (κ1) is 13.5. The summed E-state index contributed by atoms with van der Waals surface area (Å²) in [4.78, 5) is 12.8. The highest BCUT2D eigenvalue weighted by Gasteiger charge is 2.17. The molecular formula is C10H14N2O4S. The summed E-state index contributed by atoms with van der Waals surface area (Å²) in [7, 11) is -2.64. The van der Waals surface area contributed by atoms with Gasteiger partial charge in [0.15, 0.2) is 0 Å². The Hall–Kier alpha value is -1.60. The Morgan fingerprint density at radius 3 is 2.53 bits per heavy atom. The van der Waals surface area contributed by atoms with E-state index in [0.717, 1.165) is 12.7 Å². The largest absolute Gasteiger partial charge is 0.452 e. The minimum atomic E-state index is -3.78. The lowest BCUT2D eigenvalue weighted by Crippen LogP contribution is -2.41. The Morgan fingerprint density at radius 1 is 1.29 bits per heavy atom. The van der Waals surface area contributed by atoms with Gasteiger partial charge in [-0.2, -0.15) is 0 Å². The summed E-state index contributed by atoms with van der Waals surface area (Å²) in [6.07, 6.45) is -0.876. The van der Waals surface area contributed by atoms with Crippen LogP contribution in [-0.4, -0.2) is 21.6 Å². The molecule has 2 N–H and O–H groups in total. The summed E-state index contributed by atoms with van der Waals surface area (Å²) in [5, 5.41) is 0. The number of carbonyl (C=O) groups excluding carboxylic acids is 1. The number of amides is 1. The molecule has 7 heteroatoms. The van der Waals surface area contributed by atoms with Crippen molar-refractivity contribution < 1.29 is 17.9 Å². The predicted molar refractivity (Wildman–Crippen MR) is 61.8 cm³/mol. The number of hydrogen-bond acceptors (Lipinski definition) is 4. The summed E-state index contributed by atoms with van der Waals surface area (Å²) in [6, 6.07) is 5.03. The van der Waals surface area contributed by atoms with Crippen LogP contribution in [0.2, 0.25) is 0 Å². The van der Waals surface area contributed by atoms with E-state index in [-0.39, 0.29) is 4.90 Å². The molecule has 0 unspecified atom stereocenters. The summed E-state index contributed by atoms with van der Waals surface area (Å²) in [6.45, 7) is 3.46. The Kier molecular flexibility index (Phi) is 4.08. The van der Waals surface area contributed by atoms with Gasteiger partial charge in [0.2, 0.25) is 0 Å². The number of benzene rings is 1. The van der Waals surface area contributed by atoms with Crippen molar-refractivity contribution in [2.75, 3.05) is 7.11 Å². The van der Waals surface area contributed by atoms with Gasteiger partial charge in [0.1, 0.15) is 0 Å². The second kappa shape index (κ2) is 5.15. The standard InChI is InChI=1S/C10H14N2O4S/c1-7-4-5-8(2)9(6-7)17(14,15)12-11-10(13)16-3/h4-6,12H,1-3H3,(H,11,13). The third kappa shape index (κ3) is 3.43. The predicted octanol–water partition coefficient (Wildman–Crippen LogP) is 0.853. The van der Waals surface area contributed by atoms with Gasteiger partial charge in [-0.1, -0.05) is 12.1 Å². The summed E-state index contributed by atoms with van der Waals surface area (Å²) >= 11 is 0. The highest BCUT2D eigenvalue weighted by atomic mass is 32.2. The second-order valence-corrected chi connectivity index (χ2v) is 5.14. The summed E-state index contributed by atoms with van der Waals surface area (Å²) in [5.41, 5.74) is 3.32. The molecule has 0 fully saturated rings. The summed E-state index contributed by atoms with van der Waals surface area (Å²) < 4.78 is 27.9. The monoisotopic (exact) mass is 258 g/mol. The number of aryl methyl sites for hydroxylation is 2. The maximum atomic E-state index is 11.8. The maximum Gasteiger partial charge on any atom is 0.422 e. The smallest absolute Gasteiger partial charge is 0.422 e. The molecule has 1 aromatic carbocycles. The molecule has 94 valence electrons. The van der Waals surface area contributed by atoms with Crippen LogP contribution in [0.1, 0.15) is 11.1 Å². The topological polar surface area (TPSA) is 84.5 Å². The number of carbonyl (C=O) groups is 1. The third-order valence-corrected chi connectivity index (χ3v) is 3.50. The first-order chi connectivity index (χ1) is 7.86. The number of rotatable bonds is 3. The zero-order valence-electron chi connectivity index (χ0n) is 9.77. The van der Waals surface area contributed by atoms with Crippen LogP contribution in [0, 0.1) is 13.8 Å². The van der Waals surface area contributed by atoms with Crippen LogP contribution < -0.4 is 10.3 Å². The van der Waals surface area contributed by atoms with Crippen molar-refractivity contribution in [1.82, 2.24) is 10.3 Å². The van der Waals surface area contributed by atoms with Gasteiger partial charge in [0.25, 0.3) is 10.0 Å². The van der Waals surface area contributed by atoms with Crippen LogP contribution in [0.3, 0.4) is 0 Å². The van der Waals surface area contributed by atoms with E-state index in [1.54, 1.807) is 19.9 Å². The molecule has 0 saturated carbocycles. The van der Waals surface area contributed by atoms with Gasteiger partial charge >= 0.3 is 6.09 Å². The van der Waals surface area contributed by atoms with Gasteiger partial charge in [0, 0.05) is 0 Å². The van der Waals surface area contributed by atoms with Crippen molar-refractivity contribution in [2.24, 2.45) is 0 Å². The fourth-order valence-corrected chi connectivity index (χ4v) is 2.37. The van der Waals surface area contributed by atoms with E-state index in [9.17, 15) is 13.2 Å². The molecule has 0 bridgehead atoms. The van der Waals surface area contributed by atoms with E-state index >= 15 is 0 Å². The van der Waals surface area contributed by atoms with Crippen LogP contribution in [0.15, 0.2) is 23.1 Å². The van der Waals surface area contributed by atoms with Crippen LogP contribution in [0.5, 0.6) is 0 Å². The Balaban J connectivity index is 2.97. The fraction of sp³-hybridized carbons (Fsp3) is 0.300. The van der Waals surface area contributed by atoms with Crippen LogP contribution in [-0.2, 0) is 14.8 Å². The van der Waals surface area contributed by atoms with Crippen LogP contribution >= 0.6 is 0 Å². The van der Waals surface area contributed by atoms with Gasteiger partial charge in [-0.15, -0.1) is 4.83 Å². The number of ether oxygens (including phenoxy) is 1. The molecule has 0 atom stereocenters. The van der Waals surface area contributed by atoms with Crippen molar-refractivity contribution in [3.8, 4) is 0 Å². The number of sulfonamides is 1. The van der Waals surface area contributed by atoms with Gasteiger partial charge in [-0.05, 0) is 31.0 Å². The van der Waals surface area contributed by atoms with Gasteiger partial charge in [-0.3, -0.25) is 0 Å². The van der Waals surface area contributed by atoms with Crippen LogP contribution in [0.25, 0.3) is 0 Å². The fourth-order valence-electron chi connectivity index (χ4n) is 1.21. The lowest BCUT2D eigenvalue weighted by atomic mass is 10.2. The van der Waals surface area contributed by atoms with E-state index in [1.807, 2.05) is 16.3 Å². The Morgan fingerprint density at radius 2 is 1.94 bits per heavy atom. The van der Waals surface area contributed by atoms with Crippen molar-refractivity contribution in [1.29, 1.82) is 0 Å². The molecule has 6 nitrogen and oxygen atoms in total. The number of hydrogen-bond donors (Lipinski definition) is 2. The molecule has 1 rings (SSSR count). The van der Waals surface area contributed by atoms with E-state index in [1.165, 1.54) is 6.07 Å². The van der Waals surface area contributed by atoms with Gasteiger partial charge in [-0.25, -0.2) is 18.6 Å². The SMILES string of the molecule is COC(=O)NNS(=O)(=O)c1cc(C)ccc1C. The van der Waals surface area contributed by atoms with Crippen molar-refractivity contribution in [3.63, 3.8) is 0 Å². The first-order valence-corrected chi connectivity index (χ1v) is 6.28. The number of nitrogens with one attached hydrogen (secondary N) is 2. The van der Waals surface area contributed by atoms with Gasteiger partial charge in [0.05, 0.1) is 12.0 Å². The molecule has 0 heterocycles. The molecule has 0 aliphatic heterocycles. The normalized spacial score (nSPS) is 11.0. The molecule has 0 aromatic heterocycles. The zero-order chi connectivity index (χ0) is 13.1. The molecule has 1 aromatic rings. The Labute approximate surface area is 100.0 Å². The molecule has 1 amide bonds. The minimum Gasteiger partial charge on any atom is -0.452 e. The molecular weight excluding hydrogens is 244 g/mol. The van der Waals surface area contributed by atoms with E-state index in [2.05, 4.69) is 4.74 Å². The lowest BCUT2D eigenvalue weighted by molar-refractivity contribution is 0.169. The number of methoxy groups -OCH3 is 1. The molecule has 0 aliphatic carbocycles. The zero-order valence-corrected chi connectivity index (χ0v) is 10.6. The highest BCUT2D eigenvalue weighted by Crippen LogP contribution is 2.15. The molecule has 0 aliphatic rings. The quantitative estimate of drug-likeness (QED) is 0.787. The molecule has 17 heavy (non-hydrogen) atoms. The van der Waals surface area contributed by atoms with E-state index < -0.39 is 16.1 Å². The second-order valence-electron chi connectivity index (χ2n) is 3.49. The Bertz CT molecular complexity index is 525. The average molecular weight is 258 g/mol. The van der Waals surface area contributed by atoms with Gasteiger partial charge < -0.3 is 4.74 Å². The molecule has 0 saturated heterocycles. The van der Waals surface area contributed by atoms with Crippen molar-refractivity contribution in [2.45, 2.75) is 18.7 Å². The van der Waals surface area contributed by atoms with E-state index in [4.69, 9.17) is 0 Å². The maximum absolute atomic E-state index is 11.8. The summed E-state index contributed by atoms with van der Waals surface area (Å²) in [5.74, 6) is 0. The average Bonchev–Trinajstić information content (AvgIpc) is 2.29. The third-order valence-electron chi connectivity index (χ3n) is 2.11. The minimum absolute atomic E-state index is 0.119. The first-order valence-electron chi connectivity index (χ1n) is 4.80. The van der Waals surface area contributed by atoms with Crippen molar-refractivity contribution >= 4 is 16.1 Å².